The zero-order valence-electron chi connectivity index (χ0n) is 7.60. The first-order valence-corrected chi connectivity index (χ1v) is 3.44. The molecule has 0 amide bonds. The highest BCUT2D eigenvalue weighted by Gasteiger charge is 2.44. The Kier molecular flexibility index (Phi) is 3.83. The van der Waals surface area contributed by atoms with Gasteiger partial charge in [-0.25, -0.2) is 9.59 Å². The molecule has 0 aliphatic heterocycles. The molecule has 6 nitrogen and oxygen atoms in total. The van der Waals surface area contributed by atoms with E-state index in [2.05, 4.69) is 9.47 Å². The van der Waals surface area contributed by atoms with Gasteiger partial charge in [-0.15, -0.1) is 0 Å². The van der Waals surface area contributed by atoms with Crippen LogP contribution in [0.15, 0.2) is 0 Å². The number of hydrogen-bond donors (Lipinski definition) is 2. The Labute approximate surface area is 75.1 Å². The molecule has 0 saturated heterocycles. The standard InChI is InChI=1S/C7H12O6/c1-7(11,6(10)13-3)4(8)5(9)12-2/h4,8,11H,1-3H3. The molecule has 0 fully saturated rings. The van der Waals surface area contributed by atoms with Crippen LogP contribution in [-0.2, 0) is 19.1 Å². The topological polar surface area (TPSA) is 93.1 Å². The quantitative estimate of drug-likeness (QED) is 0.525. The highest BCUT2D eigenvalue weighted by molar-refractivity contribution is 5.88. The lowest BCUT2D eigenvalue weighted by atomic mass is 10.00. The lowest BCUT2D eigenvalue weighted by molar-refractivity contribution is -0.184. The molecule has 0 spiro atoms. The third-order valence-corrected chi connectivity index (χ3v) is 1.56. The summed E-state index contributed by atoms with van der Waals surface area (Å²) in [5.41, 5.74) is -2.29. The first kappa shape index (κ1) is 11.9. The van der Waals surface area contributed by atoms with E-state index in [9.17, 15) is 14.7 Å². The summed E-state index contributed by atoms with van der Waals surface area (Å²) < 4.78 is 8.31. The van der Waals surface area contributed by atoms with Crippen molar-refractivity contribution in [2.24, 2.45) is 0 Å². The fraction of sp³-hybridized carbons (Fsp3) is 0.714. The largest absolute Gasteiger partial charge is 0.467 e. The summed E-state index contributed by atoms with van der Waals surface area (Å²) in [6.07, 6.45) is -1.95. The molecule has 0 bridgehead atoms. The summed E-state index contributed by atoms with van der Waals surface area (Å²) in [6, 6.07) is 0. The van der Waals surface area contributed by atoms with E-state index in [4.69, 9.17) is 5.11 Å². The number of rotatable bonds is 3. The van der Waals surface area contributed by atoms with Crippen LogP contribution in [-0.4, -0.2) is 48.1 Å². The Hall–Kier alpha value is -1.14. The number of carbonyl (C=O) groups excluding carboxylic acids is 2. The molecule has 0 radical (unpaired) electrons. The van der Waals surface area contributed by atoms with Gasteiger partial charge in [0.1, 0.15) is 0 Å². The van der Waals surface area contributed by atoms with Crippen molar-refractivity contribution in [1.82, 2.24) is 0 Å². The molecule has 13 heavy (non-hydrogen) atoms. The maximum absolute atomic E-state index is 10.9. The second-order valence-corrected chi connectivity index (χ2v) is 2.56. The third kappa shape index (κ3) is 2.40. The summed E-state index contributed by atoms with van der Waals surface area (Å²) in [4.78, 5) is 21.6. The number of hydrogen-bond acceptors (Lipinski definition) is 6. The van der Waals surface area contributed by atoms with Gasteiger partial charge in [-0.3, -0.25) is 0 Å². The Balaban J connectivity index is 4.62. The summed E-state index contributed by atoms with van der Waals surface area (Å²) >= 11 is 0. The van der Waals surface area contributed by atoms with Crippen LogP contribution in [0.4, 0.5) is 0 Å². The van der Waals surface area contributed by atoms with Crippen molar-refractivity contribution in [2.75, 3.05) is 14.2 Å². The molecule has 0 saturated carbocycles. The average Bonchev–Trinajstić information content (AvgIpc) is 2.13. The zero-order valence-corrected chi connectivity index (χ0v) is 7.60. The number of aliphatic hydroxyl groups excluding tert-OH is 1. The number of aliphatic hydroxyl groups is 2. The van der Waals surface area contributed by atoms with E-state index in [1.807, 2.05) is 0 Å². The van der Waals surface area contributed by atoms with E-state index in [-0.39, 0.29) is 0 Å². The van der Waals surface area contributed by atoms with E-state index in [0.29, 0.717) is 0 Å². The van der Waals surface area contributed by atoms with Gasteiger partial charge in [0.05, 0.1) is 14.2 Å². The molecule has 0 heterocycles. The van der Waals surface area contributed by atoms with Crippen molar-refractivity contribution < 1.29 is 29.3 Å². The molecule has 0 rings (SSSR count). The predicted octanol–water partition coefficient (Wildman–Crippen LogP) is -1.56. The Morgan fingerprint density at radius 2 is 1.77 bits per heavy atom. The smallest absolute Gasteiger partial charge is 0.340 e. The molecular formula is C7H12O6. The molecule has 0 aromatic heterocycles. The highest BCUT2D eigenvalue weighted by Crippen LogP contribution is 2.12. The Bertz CT molecular complexity index is 209. The molecule has 0 aliphatic carbocycles. The average molecular weight is 192 g/mol. The molecule has 0 aromatic carbocycles. The fourth-order valence-electron chi connectivity index (χ4n) is 0.659. The number of ether oxygens (including phenoxy) is 2. The number of methoxy groups -OCH3 is 2. The molecule has 76 valence electrons. The van der Waals surface area contributed by atoms with Crippen LogP contribution >= 0.6 is 0 Å². The molecule has 0 aliphatic rings. The number of carbonyl (C=O) groups is 2. The van der Waals surface area contributed by atoms with Gasteiger partial charge >= 0.3 is 11.9 Å². The first-order chi connectivity index (χ1) is 5.87. The van der Waals surface area contributed by atoms with Crippen molar-refractivity contribution in [3.05, 3.63) is 0 Å². The molecule has 6 heteroatoms. The lowest BCUT2D eigenvalue weighted by Gasteiger charge is -2.23. The number of esters is 2. The van der Waals surface area contributed by atoms with Crippen molar-refractivity contribution in [2.45, 2.75) is 18.6 Å². The molecule has 2 unspecified atom stereocenters. The minimum absolute atomic E-state index is 0.959. The molecule has 2 atom stereocenters. The van der Waals surface area contributed by atoms with Gasteiger partial charge in [-0.2, -0.15) is 0 Å². The van der Waals surface area contributed by atoms with E-state index in [1.165, 1.54) is 0 Å². The molecular weight excluding hydrogens is 180 g/mol. The zero-order chi connectivity index (χ0) is 10.6. The van der Waals surface area contributed by atoms with Gasteiger partial charge in [0.2, 0.25) is 0 Å². The first-order valence-electron chi connectivity index (χ1n) is 3.44. The Morgan fingerprint density at radius 3 is 2.08 bits per heavy atom. The van der Waals surface area contributed by atoms with Crippen LogP contribution in [0.3, 0.4) is 0 Å². The summed E-state index contributed by atoms with van der Waals surface area (Å²) in [5, 5.41) is 18.4. The molecule has 0 aromatic rings. The SMILES string of the molecule is COC(=O)C(O)C(C)(O)C(=O)OC. The summed E-state index contributed by atoms with van der Waals surface area (Å²) in [7, 11) is 2.06. The van der Waals surface area contributed by atoms with Gasteiger partial charge in [0, 0.05) is 0 Å². The van der Waals surface area contributed by atoms with E-state index >= 15 is 0 Å². The Morgan fingerprint density at radius 1 is 1.31 bits per heavy atom. The van der Waals surface area contributed by atoms with E-state index in [0.717, 1.165) is 21.1 Å². The maximum Gasteiger partial charge on any atom is 0.340 e. The third-order valence-electron chi connectivity index (χ3n) is 1.56. The lowest BCUT2D eigenvalue weighted by Crippen LogP contribution is -2.51. The van der Waals surface area contributed by atoms with Crippen LogP contribution in [0.1, 0.15) is 6.92 Å². The van der Waals surface area contributed by atoms with Gasteiger partial charge in [-0.1, -0.05) is 0 Å². The van der Waals surface area contributed by atoms with Gasteiger partial charge < -0.3 is 19.7 Å². The maximum atomic E-state index is 10.9. The van der Waals surface area contributed by atoms with Crippen molar-refractivity contribution >= 4 is 11.9 Å². The highest BCUT2D eigenvalue weighted by atomic mass is 16.6. The second kappa shape index (κ2) is 4.20. The van der Waals surface area contributed by atoms with Crippen LogP contribution in [0.25, 0.3) is 0 Å². The van der Waals surface area contributed by atoms with Crippen LogP contribution in [0, 0.1) is 0 Å². The van der Waals surface area contributed by atoms with Gasteiger partial charge in [0.25, 0.3) is 0 Å². The van der Waals surface area contributed by atoms with Crippen molar-refractivity contribution in [3.8, 4) is 0 Å². The van der Waals surface area contributed by atoms with E-state index in [1.54, 1.807) is 0 Å². The van der Waals surface area contributed by atoms with Gasteiger partial charge in [-0.05, 0) is 6.92 Å². The van der Waals surface area contributed by atoms with Crippen LogP contribution < -0.4 is 0 Å². The summed E-state index contributed by atoms with van der Waals surface area (Å²) in [6.45, 7) is 0.959. The monoisotopic (exact) mass is 192 g/mol. The minimum atomic E-state index is -2.29. The second-order valence-electron chi connectivity index (χ2n) is 2.56. The fourth-order valence-corrected chi connectivity index (χ4v) is 0.659. The van der Waals surface area contributed by atoms with Gasteiger partial charge in [0.15, 0.2) is 11.7 Å². The summed E-state index contributed by atoms with van der Waals surface area (Å²) in [5.74, 6) is -2.21. The van der Waals surface area contributed by atoms with E-state index < -0.39 is 23.6 Å². The molecule has 2 N–H and O–H groups in total. The van der Waals surface area contributed by atoms with Crippen molar-refractivity contribution in [3.63, 3.8) is 0 Å². The minimum Gasteiger partial charge on any atom is -0.467 e. The predicted molar refractivity (Wildman–Crippen MR) is 40.7 cm³/mol. The van der Waals surface area contributed by atoms with Crippen LogP contribution in [0.5, 0.6) is 0 Å². The van der Waals surface area contributed by atoms with Crippen molar-refractivity contribution in [1.29, 1.82) is 0 Å². The normalized spacial score (nSPS) is 17.0. The van der Waals surface area contributed by atoms with Crippen LogP contribution in [0.2, 0.25) is 0 Å².